The molecule has 0 saturated heterocycles. The number of hydrogen-bond donors (Lipinski definition) is 1. The zero-order valence-electron chi connectivity index (χ0n) is 11.3. The predicted molar refractivity (Wildman–Crippen MR) is 83.6 cm³/mol. The maximum absolute atomic E-state index is 10.1. The smallest absolute Gasteiger partial charge is 0.181 e. The van der Waals surface area contributed by atoms with Crippen LogP contribution in [0, 0.1) is 13.8 Å². The summed E-state index contributed by atoms with van der Waals surface area (Å²) in [5, 5.41) is 20.0. The topological polar surface area (TPSA) is 45.0 Å². The molecule has 1 aromatic heterocycles. The standard InChI is InChI=1S/C16H14N2OS/c1-10-7-8-11(2)13(9-10)17-18-16-15(19)12-5-3-4-6-14(12)20-16/h3-9,19H,1-2H3. The van der Waals surface area contributed by atoms with Gasteiger partial charge < -0.3 is 5.11 Å². The number of hydrogen-bond acceptors (Lipinski definition) is 4. The lowest BCUT2D eigenvalue weighted by atomic mass is 10.1. The summed E-state index contributed by atoms with van der Waals surface area (Å²) in [7, 11) is 0. The number of nitrogens with zero attached hydrogens (tertiary/aromatic N) is 2. The summed E-state index contributed by atoms with van der Waals surface area (Å²) in [6.07, 6.45) is 0. The second-order valence-corrected chi connectivity index (χ2v) is 5.77. The molecule has 0 spiro atoms. The van der Waals surface area contributed by atoms with Crippen molar-refractivity contribution < 1.29 is 5.11 Å². The van der Waals surface area contributed by atoms with Crippen LogP contribution in [0.5, 0.6) is 5.75 Å². The average molecular weight is 282 g/mol. The SMILES string of the molecule is Cc1ccc(C)c(N=Nc2sc3ccccc3c2O)c1. The molecule has 0 aliphatic rings. The van der Waals surface area contributed by atoms with E-state index in [1.165, 1.54) is 11.3 Å². The Morgan fingerprint density at radius 2 is 1.80 bits per heavy atom. The first kappa shape index (κ1) is 12.8. The van der Waals surface area contributed by atoms with Gasteiger partial charge in [0.25, 0.3) is 0 Å². The molecule has 0 aliphatic heterocycles. The van der Waals surface area contributed by atoms with Crippen LogP contribution in [-0.2, 0) is 0 Å². The lowest BCUT2D eigenvalue weighted by molar-refractivity contribution is 0.484. The van der Waals surface area contributed by atoms with E-state index in [1.54, 1.807) is 0 Å². The predicted octanol–water partition coefficient (Wildman–Crippen LogP) is 5.64. The Kier molecular flexibility index (Phi) is 3.24. The number of thiophene rings is 1. The molecule has 1 heterocycles. The van der Waals surface area contributed by atoms with Gasteiger partial charge in [0.15, 0.2) is 10.8 Å². The summed E-state index contributed by atoms with van der Waals surface area (Å²) in [5.41, 5.74) is 3.05. The van der Waals surface area contributed by atoms with Crippen LogP contribution >= 0.6 is 11.3 Å². The number of fused-ring (bicyclic) bond motifs is 1. The van der Waals surface area contributed by atoms with Crippen LogP contribution in [-0.4, -0.2) is 5.11 Å². The fraction of sp³-hybridized carbons (Fsp3) is 0.125. The molecule has 3 nitrogen and oxygen atoms in total. The maximum Gasteiger partial charge on any atom is 0.181 e. The summed E-state index contributed by atoms with van der Waals surface area (Å²) in [4.78, 5) is 0. The van der Waals surface area contributed by atoms with Crippen molar-refractivity contribution >= 4 is 32.1 Å². The highest BCUT2D eigenvalue weighted by atomic mass is 32.1. The fourth-order valence-electron chi connectivity index (χ4n) is 2.01. The molecule has 0 atom stereocenters. The van der Waals surface area contributed by atoms with Crippen molar-refractivity contribution in [1.82, 2.24) is 0 Å². The lowest BCUT2D eigenvalue weighted by Gasteiger charge is -1.99. The average Bonchev–Trinajstić information content (AvgIpc) is 2.77. The molecule has 0 saturated carbocycles. The number of aromatic hydroxyl groups is 1. The Balaban J connectivity index is 2.02. The van der Waals surface area contributed by atoms with Gasteiger partial charge in [0, 0.05) is 10.1 Å². The highest BCUT2D eigenvalue weighted by Crippen LogP contribution is 2.43. The first-order chi connectivity index (χ1) is 9.65. The number of rotatable bonds is 2. The highest BCUT2D eigenvalue weighted by Gasteiger charge is 2.09. The van der Waals surface area contributed by atoms with Crippen molar-refractivity contribution in [3.05, 3.63) is 53.6 Å². The monoisotopic (exact) mass is 282 g/mol. The Hall–Kier alpha value is -2.20. The Labute approximate surface area is 121 Å². The molecule has 0 amide bonds. The van der Waals surface area contributed by atoms with Gasteiger partial charge in [-0.05, 0) is 43.2 Å². The first-order valence-corrected chi connectivity index (χ1v) is 7.16. The molecule has 1 N–H and O–H groups in total. The molecule has 2 aromatic carbocycles. The van der Waals surface area contributed by atoms with Gasteiger partial charge in [0.1, 0.15) is 0 Å². The molecule has 4 heteroatoms. The van der Waals surface area contributed by atoms with E-state index in [4.69, 9.17) is 0 Å². The van der Waals surface area contributed by atoms with Gasteiger partial charge in [0.05, 0.1) is 5.69 Å². The molecule has 0 radical (unpaired) electrons. The van der Waals surface area contributed by atoms with Gasteiger partial charge in [-0.2, -0.15) is 0 Å². The molecular formula is C16H14N2OS. The number of aryl methyl sites for hydroxylation is 2. The van der Waals surface area contributed by atoms with Crippen LogP contribution in [0.15, 0.2) is 52.7 Å². The Morgan fingerprint density at radius 1 is 1.00 bits per heavy atom. The summed E-state index contributed by atoms with van der Waals surface area (Å²) >= 11 is 1.44. The summed E-state index contributed by atoms with van der Waals surface area (Å²) in [6, 6.07) is 13.8. The fourth-order valence-corrected chi connectivity index (χ4v) is 2.93. The molecule has 0 fully saturated rings. The number of benzene rings is 2. The number of azo groups is 1. The van der Waals surface area contributed by atoms with E-state index in [0.29, 0.717) is 5.00 Å². The first-order valence-electron chi connectivity index (χ1n) is 6.34. The van der Waals surface area contributed by atoms with Gasteiger partial charge in [0.2, 0.25) is 0 Å². The molecule has 0 bridgehead atoms. The van der Waals surface area contributed by atoms with Crippen molar-refractivity contribution in [2.45, 2.75) is 13.8 Å². The zero-order chi connectivity index (χ0) is 14.1. The largest absolute Gasteiger partial charge is 0.504 e. The van der Waals surface area contributed by atoms with Crippen LogP contribution in [0.25, 0.3) is 10.1 Å². The lowest BCUT2D eigenvalue weighted by Crippen LogP contribution is -1.75. The van der Waals surface area contributed by atoms with E-state index < -0.39 is 0 Å². The van der Waals surface area contributed by atoms with Gasteiger partial charge in [-0.25, -0.2) is 0 Å². The molecule has 0 aliphatic carbocycles. The molecule has 100 valence electrons. The van der Waals surface area contributed by atoms with Gasteiger partial charge >= 0.3 is 0 Å². The van der Waals surface area contributed by atoms with Crippen LogP contribution in [0.1, 0.15) is 11.1 Å². The van der Waals surface area contributed by atoms with E-state index in [1.807, 2.05) is 56.3 Å². The summed E-state index contributed by atoms with van der Waals surface area (Å²) in [5.74, 6) is 0.208. The van der Waals surface area contributed by atoms with E-state index >= 15 is 0 Å². The quantitative estimate of drug-likeness (QED) is 0.607. The third kappa shape index (κ3) is 2.30. The van der Waals surface area contributed by atoms with Gasteiger partial charge in [-0.3, -0.25) is 0 Å². The molecule has 0 unspecified atom stereocenters. The van der Waals surface area contributed by atoms with E-state index in [0.717, 1.165) is 26.9 Å². The normalized spacial score (nSPS) is 11.5. The second-order valence-electron chi connectivity index (χ2n) is 4.74. The van der Waals surface area contributed by atoms with Crippen LogP contribution in [0.2, 0.25) is 0 Å². The Bertz CT molecular complexity index is 805. The van der Waals surface area contributed by atoms with Crippen LogP contribution in [0.4, 0.5) is 10.7 Å². The van der Waals surface area contributed by atoms with E-state index in [-0.39, 0.29) is 5.75 Å². The molecule has 20 heavy (non-hydrogen) atoms. The van der Waals surface area contributed by atoms with Crippen LogP contribution < -0.4 is 0 Å². The van der Waals surface area contributed by atoms with Crippen molar-refractivity contribution in [2.24, 2.45) is 10.2 Å². The maximum atomic E-state index is 10.1. The third-order valence-corrected chi connectivity index (χ3v) is 4.21. The molecule has 3 rings (SSSR count). The van der Waals surface area contributed by atoms with Gasteiger partial charge in [-0.15, -0.1) is 21.6 Å². The Morgan fingerprint density at radius 3 is 2.60 bits per heavy atom. The minimum absolute atomic E-state index is 0.208. The highest BCUT2D eigenvalue weighted by molar-refractivity contribution is 7.23. The van der Waals surface area contributed by atoms with Crippen molar-refractivity contribution in [3.63, 3.8) is 0 Å². The van der Waals surface area contributed by atoms with E-state index in [2.05, 4.69) is 10.2 Å². The van der Waals surface area contributed by atoms with Crippen molar-refractivity contribution in [1.29, 1.82) is 0 Å². The molecular weight excluding hydrogens is 268 g/mol. The van der Waals surface area contributed by atoms with Crippen LogP contribution in [0.3, 0.4) is 0 Å². The second kappa shape index (κ2) is 5.06. The summed E-state index contributed by atoms with van der Waals surface area (Å²) in [6.45, 7) is 4.02. The minimum Gasteiger partial charge on any atom is -0.504 e. The van der Waals surface area contributed by atoms with Crippen molar-refractivity contribution in [2.75, 3.05) is 0 Å². The van der Waals surface area contributed by atoms with Crippen molar-refractivity contribution in [3.8, 4) is 5.75 Å². The summed E-state index contributed by atoms with van der Waals surface area (Å²) < 4.78 is 1.01. The zero-order valence-corrected chi connectivity index (χ0v) is 12.1. The van der Waals surface area contributed by atoms with E-state index in [9.17, 15) is 5.11 Å². The van der Waals surface area contributed by atoms with Gasteiger partial charge in [-0.1, -0.05) is 24.3 Å². The molecule has 3 aromatic rings. The minimum atomic E-state index is 0.208. The third-order valence-electron chi connectivity index (χ3n) is 3.16.